The Morgan fingerprint density at radius 2 is 0.938 bits per heavy atom. The summed E-state index contributed by atoms with van der Waals surface area (Å²) in [5.41, 5.74) is -3.30. The molecule has 4 aliphatic carbocycles. The molecular weight excluding hydrogens is 1290 g/mol. The second-order valence-corrected chi connectivity index (χ2v) is 31.1. The number of aliphatic hydroxyl groups is 18. The lowest BCUT2D eigenvalue weighted by Gasteiger charge is -2.70. The Bertz CT molecular complexity index is 2660. The lowest BCUT2D eigenvalue weighted by Crippen LogP contribution is -2.68. The van der Waals surface area contributed by atoms with Crippen LogP contribution >= 0.6 is 0 Å². The minimum absolute atomic E-state index is 0.0272. The van der Waals surface area contributed by atoms with E-state index in [9.17, 15) is 91.9 Å². The molecule has 560 valence electrons. The van der Waals surface area contributed by atoms with Crippen LogP contribution in [0.25, 0.3) is 0 Å². The number of allylic oxidation sites excluding steroid dienone is 2. The van der Waals surface area contributed by atoms with Gasteiger partial charge in [0.05, 0.1) is 44.2 Å². The molecule has 97 heavy (non-hydrogen) atoms. The van der Waals surface area contributed by atoms with Crippen LogP contribution in [0.2, 0.25) is 0 Å². The van der Waals surface area contributed by atoms with Gasteiger partial charge >= 0.3 is 5.97 Å². The minimum Gasteiger partial charge on any atom is -0.431 e. The largest absolute Gasteiger partial charge is 0.431 e. The van der Waals surface area contributed by atoms with Crippen molar-refractivity contribution in [2.45, 2.75) is 329 Å². The number of aliphatic hydroxyl groups excluding tert-OH is 17. The number of hydrogen-bond acceptors (Lipinski definition) is 31. The van der Waals surface area contributed by atoms with Crippen molar-refractivity contribution in [3.63, 3.8) is 0 Å². The lowest BCUT2D eigenvalue weighted by atomic mass is 9.35. The summed E-state index contributed by atoms with van der Waals surface area (Å²) >= 11 is 0. The maximum absolute atomic E-state index is 15.5. The van der Waals surface area contributed by atoms with Crippen LogP contribution in [-0.2, 0) is 61.6 Å². The van der Waals surface area contributed by atoms with Gasteiger partial charge in [0, 0.05) is 5.92 Å². The van der Waals surface area contributed by atoms with Gasteiger partial charge in [-0.25, -0.2) is 4.79 Å². The molecule has 10 rings (SSSR count). The van der Waals surface area contributed by atoms with E-state index in [0.717, 1.165) is 5.57 Å². The minimum atomic E-state index is -2.27. The van der Waals surface area contributed by atoms with Crippen LogP contribution in [0.3, 0.4) is 0 Å². The normalized spacial score (nSPS) is 53.0. The van der Waals surface area contributed by atoms with Crippen LogP contribution in [0, 0.1) is 45.3 Å². The van der Waals surface area contributed by atoms with Crippen molar-refractivity contribution in [1.29, 1.82) is 0 Å². The van der Waals surface area contributed by atoms with Crippen molar-refractivity contribution in [3.05, 3.63) is 11.6 Å². The fourth-order valence-corrected chi connectivity index (χ4v) is 18.9. The highest BCUT2D eigenvalue weighted by molar-refractivity contribution is 5.80. The van der Waals surface area contributed by atoms with E-state index in [1.807, 2.05) is 19.9 Å². The first-order valence-corrected chi connectivity index (χ1v) is 34.6. The molecular formula is C66H110O31. The highest BCUT2D eigenvalue weighted by Crippen LogP contribution is 2.76. The Kier molecular flexibility index (Phi) is 23.9. The van der Waals surface area contributed by atoms with E-state index in [4.69, 9.17) is 56.8 Å². The van der Waals surface area contributed by atoms with Gasteiger partial charge in [0.2, 0.25) is 6.29 Å². The van der Waals surface area contributed by atoms with Gasteiger partial charge in [-0.3, -0.25) is 0 Å². The Morgan fingerprint density at radius 3 is 1.51 bits per heavy atom. The van der Waals surface area contributed by atoms with Gasteiger partial charge in [-0.2, -0.15) is 0 Å². The first-order chi connectivity index (χ1) is 45.4. The van der Waals surface area contributed by atoms with E-state index in [-0.39, 0.29) is 36.0 Å². The maximum atomic E-state index is 15.5. The number of ether oxygens (including phenoxy) is 12. The average Bonchev–Trinajstić information content (AvgIpc) is 1.62. The number of hydrogen-bond donors (Lipinski definition) is 18. The molecule has 0 aromatic heterocycles. The Hall–Kier alpha value is -1.95. The number of fused-ring (bicyclic) bond motifs is 5. The predicted octanol–water partition coefficient (Wildman–Crippen LogP) is -3.94. The van der Waals surface area contributed by atoms with Crippen molar-refractivity contribution in [1.82, 2.24) is 0 Å². The zero-order valence-corrected chi connectivity index (χ0v) is 56.8. The van der Waals surface area contributed by atoms with Crippen LogP contribution in [0.1, 0.15) is 133 Å². The molecule has 6 aliphatic heterocycles. The van der Waals surface area contributed by atoms with Crippen LogP contribution in [0.15, 0.2) is 11.6 Å². The van der Waals surface area contributed by atoms with Crippen molar-refractivity contribution >= 4 is 5.97 Å². The topological polar surface area (TPSA) is 492 Å². The third-order valence-corrected chi connectivity index (χ3v) is 24.9. The fraction of sp³-hybridized carbons (Fsp3) is 0.955. The SMILES string of the molecule is CC(C)=CCC[C@@](O)(C(=O)O[C@@H]1O[C@H](CO[C@@H]2O[C@@H](C)[C@H](O)[C@@H](O)[C@H]2O)[C@@H](O)[C@H](O)[C@H]1O[C@@H]1O[C@H](CO)[C@@H](O)[C@H](O)[C@H]1O)[C@H]1CC[C@]2(C)[C@@H]1CC[C@@H]1[C@@]3(C)CC[C@H](O[C@@H]4O[C@H](CO)[C@@H](O)[C@H](O[C@@H]5O[C@@H](C)[C@H](O)[C@@H](O)[C@H]5O)[C@H]4O[C@@H]4O[C@@H](C)[C@H](O)[C@@H](O)[C@H]4O)C(C)(C)[C@@H]3CC[C@]12C. The zero-order chi connectivity index (χ0) is 71.2. The Morgan fingerprint density at radius 1 is 0.464 bits per heavy atom. The van der Waals surface area contributed by atoms with Gasteiger partial charge in [0.15, 0.2) is 43.2 Å². The summed E-state index contributed by atoms with van der Waals surface area (Å²) in [4.78, 5) is 15.5. The van der Waals surface area contributed by atoms with Gasteiger partial charge < -0.3 is 149 Å². The standard InChI is InChI=1S/C66H110O31/c1-25(2)12-11-18-66(85,61(84)97-59-53(95-58-51(83)46(78)40(72)31(22-67)90-58)47(79)41(73)33(92-59)24-86-55-48(80)43(75)37(69)26(3)87-55)30-15-20-64(9)29(30)13-14-35-63(8)19-17-36(62(6,7)34(63)16-21-65(35,64)10)93-60-54(96-57-50(82)45(77)39(71)28(5)89-57)52(42(74)32(23-68)91-60)94-56-49(81)44(76)38(70)27(4)88-56/h12,26-60,67-83,85H,11,13-24H2,1-10H3/t26-,27-,28-,29+,30-,31+,32+,33+,34-,35+,36-,37-,38-,39-,40+,41+,42+,43+,44+,45+,46-,47-,48+,49+,50+,51+,52-,53+,54+,55+,56-,57-,58-,59-,60-,63-,64+,65+,66-/m0/s1. The highest BCUT2D eigenvalue weighted by atomic mass is 16.8. The Labute approximate surface area is 564 Å². The molecule has 0 aromatic rings. The van der Waals surface area contributed by atoms with E-state index in [1.165, 1.54) is 20.8 Å². The summed E-state index contributed by atoms with van der Waals surface area (Å²) in [7, 11) is 0. The molecule has 6 saturated heterocycles. The fourth-order valence-electron chi connectivity index (χ4n) is 18.9. The number of carbonyl (C=O) groups is 1. The van der Waals surface area contributed by atoms with Gasteiger partial charge in [0.25, 0.3) is 0 Å². The first-order valence-electron chi connectivity index (χ1n) is 34.6. The Balaban J connectivity index is 0.904. The molecule has 31 heteroatoms. The van der Waals surface area contributed by atoms with Gasteiger partial charge in [-0.15, -0.1) is 0 Å². The van der Waals surface area contributed by atoms with Gasteiger partial charge in [0.1, 0.15) is 122 Å². The van der Waals surface area contributed by atoms with Gasteiger partial charge in [-0.05, 0) is 138 Å². The molecule has 0 aromatic carbocycles. The average molecular weight is 1400 g/mol. The zero-order valence-electron chi connectivity index (χ0n) is 56.8. The van der Waals surface area contributed by atoms with E-state index >= 15 is 4.79 Å². The third kappa shape index (κ3) is 14.1. The summed E-state index contributed by atoms with van der Waals surface area (Å²) in [6, 6.07) is 0. The van der Waals surface area contributed by atoms with Crippen molar-refractivity contribution in [2.24, 2.45) is 45.3 Å². The molecule has 6 heterocycles. The summed E-state index contributed by atoms with van der Waals surface area (Å²) in [5, 5.41) is 199. The molecule has 0 unspecified atom stereocenters. The quantitative estimate of drug-likeness (QED) is 0.0333. The molecule has 10 aliphatic rings. The van der Waals surface area contributed by atoms with Gasteiger partial charge in [-0.1, -0.05) is 46.3 Å². The monoisotopic (exact) mass is 1400 g/mol. The molecule has 39 atom stereocenters. The molecule has 0 spiro atoms. The summed E-state index contributed by atoms with van der Waals surface area (Å²) in [6.07, 6.45) is -44.1. The number of rotatable bonds is 19. The van der Waals surface area contributed by atoms with Crippen molar-refractivity contribution in [3.8, 4) is 0 Å². The number of carbonyl (C=O) groups excluding carboxylic acids is 1. The smallest absolute Gasteiger partial charge is 0.340 e. The van der Waals surface area contributed by atoms with Crippen LogP contribution in [0.4, 0.5) is 0 Å². The molecule has 0 amide bonds. The first kappa shape index (κ1) is 77.7. The highest BCUT2D eigenvalue weighted by Gasteiger charge is 2.71. The van der Waals surface area contributed by atoms with E-state index in [1.54, 1.807) is 0 Å². The van der Waals surface area contributed by atoms with E-state index in [0.29, 0.717) is 51.4 Å². The van der Waals surface area contributed by atoms with E-state index in [2.05, 4.69) is 34.6 Å². The van der Waals surface area contributed by atoms with Crippen molar-refractivity contribution in [2.75, 3.05) is 19.8 Å². The molecule has 0 bridgehead atoms. The molecule has 31 nitrogen and oxygen atoms in total. The molecule has 10 fully saturated rings. The number of esters is 1. The molecule has 4 saturated carbocycles. The van der Waals surface area contributed by atoms with Crippen LogP contribution in [0.5, 0.6) is 0 Å². The second-order valence-electron chi connectivity index (χ2n) is 31.1. The van der Waals surface area contributed by atoms with Crippen LogP contribution < -0.4 is 0 Å². The van der Waals surface area contributed by atoms with Crippen LogP contribution in [-0.4, -0.2) is 314 Å². The summed E-state index contributed by atoms with van der Waals surface area (Å²) < 4.78 is 73.1. The predicted molar refractivity (Wildman–Crippen MR) is 327 cm³/mol. The van der Waals surface area contributed by atoms with E-state index < -0.39 is 244 Å². The molecule has 18 N–H and O–H groups in total. The third-order valence-electron chi connectivity index (χ3n) is 24.9. The van der Waals surface area contributed by atoms with Crippen molar-refractivity contribution < 1.29 is 154 Å². The lowest BCUT2D eigenvalue weighted by molar-refractivity contribution is -0.397. The maximum Gasteiger partial charge on any atom is 0.340 e. The second kappa shape index (κ2) is 29.9. The molecule has 0 radical (unpaired) electrons. The summed E-state index contributed by atoms with van der Waals surface area (Å²) in [5.74, 6) is -2.15. The summed E-state index contributed by atoms with van der Waals surface area (Å²) in [6.45, 7) is 16.8.